The number of aliphatic hydroxyl groups is 1. The Morgan fingerprint density at radius 2 is 1.83 bits per heavy atom. The molecule has 0 spiro atoms. The van der Waals surface area contributed by atoms with Crippen molar-refractivity contribution >= 4 is 19.4 Å². The van der Waals surface area contributed by atoms with E-state index in [-0.39, 0.29) is 0 Å². The number of alkyl halides is 1. The molecule has 0 aromatic rings. The van der Waals surface area contributed by atoms with Crippen LogP contribution in [0.1, 0.15) is 6.92 Å². The summed E-state index contributed by atoms with van der Waals surface area (Å²) in [6.45, 7) is 1.40. The average molecular weight is 219 g/mol. The van der Waals surface area contributed by atoms with Gasteiger partial charge in [-0.05, 0) is 6.92 Å². The molecule has 7 heteroatoms. The highest BCUT2D eigenvalue weighted by molar-refractivity contribution is 7.48. The van der Waals surface area contributed by atoms with E-state index in [4.69, 9.17) is 16.7 Å². The number of hydrogen-bond acceptors (Lipinski definition) is 5. The van der Waals surface area contributed by atoms with Crippen LogP contribution < -0.4 is 0 Å². The van der Waals surface area contributed by atoms with Crippen molar-refractivity contribution in [2.24, 2.45) is 0 Å². The van der Waals surface area contributed by atoms with E-state index in [1.54, 1.807) is 0 Å². The summed E-state index contributed by atoms with van der Waals surface area (Å²) in [6, 6.07) is 0. The zero-order valence-electron chi connectivity index (χ0n) is 7.06. The Bertz CT molecular complexity index is 165. The Morgan fingerprint density at radius 1 is 1.42 bits per heavy atom. The third kappa shape index (κ3) is 3.85. The Balaban J connectivity index is 4.12. The summed E-state index contributed by atoms with van der Waals surface area (Å²) in [5.41, 5.74) is -1.12. The second-order valence-corrected chi connectivity index (χ2v) is 4.28. The Labute approximate surface area is 76.2 Å². The highest BCUT2D eigenvalue weighted by atomic mass is 35.5. The first-order chi connectivity index (χ1) is 5.45. The van der Waals surface area contributed by atoms with Crippen LogP contribution in [0.15, 0.2) is 0 Å². The molecule has 0 aliphatic carbocycles. The third-order valence-corrected chi connectivity index (χ3v) is 3.01. The monoisotopic (exact) mass is 218 g/mol. The van der Waals surface area contributed by atoms with Crippen molar-refractivity contribution in [3.05, 3.63) is 0 Å². The molecule has 0 amide bonds. The molecular weight excluding hydrogens is 206 g/mol. The molecule has 0 rings (SSSR count). The minimum absolute atomic E-state index is 0.953. The number of phosphoric ester groups is 1. The molecule has 2 unspecified atom stereocenters. The molecule has 12 heavy (non-hydrogen) atoms. The van der Waals surface area contributed by atoms with Gasteiger partial charge < -0.3 is 5.11 Å². The van der Waals surface area contributed by atoms with Crippen molar-refractivity contribution in [1.29, 1.82) is 0 Å². The fourth-order valence-corrected chi connectivity index (χ4v) is 1.41. The molecule has 0 saturated carbocycles. The molecule has 0 radical (unpaired) electrons. The predicted molar refractivity (Wildman–Crippen MR) is 44.0 cm³/mol. The van der Waals surface area contributed by atoms with Crippen molar-refractivity contribution in [2.75, 3.05) is 14.2 Å². The van der Waals surface area contributed by atoms with E-state index in [2.05, 4.69) is 13.6 Å². The van der Waals surface area contributed by atoms with E-state index in [0.29, 0.717) is 0 Å². The Hall–Kier alpha value is 0.360. The topological polar surface area (TPSA) is 65.0 Å². The van der Waals surface area contributed by atoms with Crippen molar-refractivity contribution in [3.63, 3.8) is 0 Å². The minimum Gasteiger partial charge on any atom is -0.389 e. The van der Waals surface area contributed by atoms with Crippen LogP contribution in [0.3, 0.4) is 0 Å². The second-order valence-electron chi connectivity index (χ2n) is 2.01. The lowest BCUT2D eigenvalue weighted by Gasteiger charge is -2.18. The van der Waals surface area contributed by atoms with Crippen molar-refractivity contribution in [1.82, 2.24) is 0 Å². The van der Waals surface area contributed by atoms with Crippen LogP contribution in [-0.4, -0.2) is 31.0 Å². The van der Waals surface area contributed by atoms with Gasteiger partial charge in [0.2, 0.25) is 0 Å². The summed E-state index contributed by atoms with van der Waals surface area (Å²) in [5.74, 6) is 0. The van der Waals surface area contributed by atoms with Crippen LogP contribution in [0, 0.1) is 0 Å². The van der Waals surface area contributed by atoms with Gasteiger partial charge >= 0.3 is 7.82 Å². The molecule has 0 heterocycles. The van der Waals surface area contributed by atoms with E-state index >= 15 is 0 Å². The van der Waals surface area contributed by atoms with Crippen molar-refractivity contribution in [2.45, 2.75) is 18.6 Å². The minimum atomic E-state index is -3.58. The molecule has 0 aromatic carbocycles. The second kappa shape index (κ2) is 5.17. The van der Waals surface area contributed by atoms with Crippen molar-refractivity contribution < 1.29 is 23.2 Å². The first-order valence-corrected chi connectivity index (χ1v) is 5.07. The number of aliphatic hydroxyl groups excluding tert-OH is 1. The number of rotatable bonds is 5. The molecule has 0 aromatic heterocycles. The molecule has 0 aliphatic heterocycles. The van der Waals surface area contributed by atoms with Crippen LogP contribution in [0.25, 0.3) is 0 Å². The van der Waals surface area contributed by atoms with Crippen molar-refractivity contribution in [3.8, 4) is 0 Å². The molecular formula is C5H12ClO5P. The summed E-state index contributed by atoms with van der Waals surface area (Å²) in [7, 11) is -1.26. The van der Waals surface area contributed by atoms with Gasteiger partial charge in [0.25, 0.3) is 0 Å². The lowest BCUT2D eigenvalue weighted by atomic mass is 10.4. The summed E-state index contributed by atoms with van der Waals surface area (Å²) >= 11 is 5.45. The predicted octanol–water partition coefficient (Wildman–Crippen LogP) is 1.35. The lowest BCUT2D eigenvalue weighted by molar-refractivity contribution is 0.0611. The number of phosphoric acid groups is 1. The molecule has 0 fully saturated rings. The fraction of sp³-hybridized carbons (Fsp3) is 1.00. The van der Waals surface area contributed by atoms with E-state index in [1.807, 2.05) is 0 Å². The zero-order chi connectivity index (χ0) is 9.78. The van der Waals surface area contributed by atoms with Gasteiger partial charge in [-0.1, -0.05) is 11.6 Å². The van der Waals surface area contributed by atoms with Crippen LogP contribution in [-0.2, 0) is 18.1 Å². The first-order valence-electron chi connectivity index (χ1n) is 3.17. The Kier molecular flexibility index (Phi) is 5.32. The Morgan fingerprint density at radius 3 is 2.08 bits per heavy atom. The van der Waals surface area contributed by atoms with Gasteiger partial charge in [-0.2, -0.15) is 0 Å². The van der Waals surface area contributed by atoms with Crippen LogP contribution >= 0.6 is 19.4 Å². The fourth-order valence-electron chi connectivity index (χ4n) is 0.372. The van der Waals surface area contributed by atoms with Gasteiger partial charge in [0.05, 0.1) is 6.10 Å². The SMILES string of the molecule is COP(=O)(OC)OC(Cl)C(C)O. The van der Waals surface area contributed by atoms with Gasteiger partial charge in [0, 0.05) is 14.2 Å². The molecule has 1 N–H and O–H groups in total. The maximum Gasteiger partial charge on any atom is 0.475 e. The van der Waals surface area contributed by atoms with Gasteiger partial charge in [-0.25, -0.2) is 4.57 Å². The normalized spacial score (nSPS) is 17.4. The van der Waals surface area contributed by atoms with Gasteiger partial charge in [-0.15, -0.1) is 0 Å². The quantitative estimate of drug-likeness (QED) is 0.557. The summed E-state index contributed by atoms with van der Waals surface area (Å²) in [6.07, 6.45) is -0.953. The third-order valence-electron chi connectivity index (χ3n) is 1.06. The summed E-state index contributed by atoms with van der Waals surface area (Å²) in [5, 5.41) is 8.89. The number of halogens is 1. The highest BCUT2D eigenvalue weighted by Crippen LogP contribution is 2.49. The van der Waals surface area contributed by atoms with E-state index in [0.717, 1.165) is 14.2 Å². The molecule has 0 bridgehead atoms. The summed E-state index contributed by atoms with van der Waals surface area (Å²) < 4.78 is 24.7. The molecule has 0 saturated heterocycles. The summed E-state index contributed by atoms with van der Waals surface area (Å²) in [4.78, 5) is 0. The highest BCUT2D eigenvalue weighted by Gasteiger charge is 2.29. The smallest absolute Gasteiger partial charge is 0.389 e. The molecule has 0 aliphatic rings. The average Bonchev–Trinajstić information content (AvgIpc) is 2.04. The molecule has 5 nitrogen and oxygen atoms in total. The van der Waals surface area contributed by atoms with Gasteiger partial charge in [-0.3, -0.25) is 13.6 Å². The maximum absolute atomic E-state index is 11.2. The van der Waals surface area contributed by atoms with Gasteiger partial charge in [0.1, 0.15) is 0 Å². The maximum atomic E-state index is 11.2. The standard InChI is InChI=1S/C5H12ClO5P/c1-4(7)5(6)11-12(8,9-2)10-3/h4-5,7H,1-3H3. The van der Waals surface area contributed by atoms with E-state index in [1.165, 1.54) is 6.92 Å². The largest absolute Gasteiger partial charge is 0.475 e. The zero-order valence-corrected chi connectivity index (χ0v) is 8.71. The van der Waals surface area contributed by atoms with E-state index in [9.17, 15) is 4.57 Å². The van der Waals surface area contributed by atoms with E-state index < -0.39 is 19.5 Å². The molecule has 2 atom stereocenters. The number of hydrogen-bond donors (Lipinski definition) is 1. The first kappa shape index (κ1) is 12.4. The molecule has 74 valence electrons. The van der Waals surface area contributed by atoms with Crippen LogP contribution in [0.2, 0.25) is 0 Å². The van der Waals surface area contributed by atoms with Crippen LogP contribution in [0.4, 0.5) is 0 Å². The van der Waals surface area contributed by atoms with Crippen LogP contribution in [0.5, 0.6) is 0 Å². The lowest BCUT2D eigenvalue weighted by Crippen LogP contribution is -2.19. The van der Waals surface area contributed by atoms with Gasteiger partial charge in [0.15, 0.2) is 5.56 Å².